The predicted octanol–water partition coefficient (Wildman–Crippen LogP) is -0.915. The molecule has 2 heterocycles. The molecule has 3 aliphatic rings. The Morgan fingerprint density at radius 2 is 1.76 bits per heavy atom. The lowest BCUT2D eigenvalue weighted by molar-refractivity contribution is -0.484. The number of hydrogen-bond acceptors (Lipinski definition) is 8. The summed E-state index contributed by atoms with van der Waals surface area (Å²) in [6.07, 6.45) is -3.95. The molecule has 1 aliphatic carbocycles. The Labute approximate surface area is 148 Å². The molecule has 0 aromatic rings. The van der Waals surface area contributed by atoms with Crippen molar-refractivity contribution >= 4 is 0 Å². The van der Waals surface area contributed by atoms with Gasteiger partial charge in [-0.05, 0) is 26.8 Å². The maximum Gasteiger partial charge on any atom is 0.248 e. The number of aliphatic hydroxyl groups excluding tert-OH is 2. The van der Waals surface area contributed by atoms with Crippen molar-refractivity contribution in [1.29, 1.82) is 0 Å². The van der Waals surface area contributed by atoms with E-state index in [2.05, 4.69) is 5.32 Å². The highest BCUT2D eigenvalue weighted by molar-refractivity contribution is 5.10. The fraction of sp³-hybridized carbons (Fsp3) is 1.00. The number of rotatable bonds is 3. The second-order valence-corrected chi connectivity index (χ2v) is 7.62. The highest BCUT2D eigenvalue weighted by Gasteiger charge is 2.67. The standard InChI is InChI=1S/C17H31NO7/c1-5-9-11(19)10(18-4)13-14(12(9)20)24-15-17(22,25-13)16(21,6-2)7-8(3)23-15/h8-15,18-22H,5-7H2,1-4H3/t8-,9-,10+,11+,12+,13-,14-,15+,16?,17-/m1/s1. The molecule has 2 aliphatic heterocycles. The molecular formula is C17H31NO7. The molecule has 0 aromatic heterocycles. The predicted molar refractivity (Wildman–Crippen MR) is 87.5 cm³/mol. The zero-order valence-electron chi connectivity index (χ0n) is 15.3. The quantitative estimate of drug-likeness (QED) is 0.438. The van der Waals surface area contributed by atoms with Crippen LogP contribution >= 0.6 is 0 Å². The molecule has 5 N–H and O–H groups in total. The first-order chi connectivity index (χ1) is 11.7. The smallest absolute Gasteiger partial charge is 0.248 e. The lowest BCUT2D eigenvalue weighted by Gasteiger charge is -2.60. The largest absolute Gasteiger partial charge is 0.391 e. The lowest BCUT2D eigenvalue weighted by Crippen LogP contribution is -2.78. The van der Waals surface area contributed by atoms with Crippen molar-refractivity contribution in [1.82, 2.24) is 5.32 Å². The summed E-state index contributed by atoms with van der Waals surface area (Å²) >= 11 is 0. The monoisotopic (exact) mass is 361 g/mol. The van der Waals surface area contributed by atoms with Gasteiger partial charge in [-0.15, -0.1) is 0 Å². The summed E-state index contributed by atoms with van der Waals surface area (Å²) in [5, 5.41) is 46.5. The Hall–Kier alpha value is -0.320. The first-order valence-electron chi connectivity index (χ1n) is 9.19. The maximum atomic E-state index is 11.2. The molecule has 8 heteroatoms. The van der Waals surface area contributed by atoms with Gasteiger partial charge in [0.25, 0.3) is 0 Å². The van der Waals surface area contributed by atoms with Crippen LogP contribution in [0.4, 0.5) is 0 Å². The summed E-state index contributed by atoms with van der Waals surface area (Å²) in [5.41, 5.74) is -1.55. The highest BCUT2D eigenvalue weighted by Crippen LogP contribution is 2.48. The van der Waals surface area contributed by atoms with Gasteiger partial charge in [-0.1, -0.05) is 13.8 Å². The van der Waals surface area contributed by atoms with Gasteiger partial charge in [0.1, 0.15) is 17.8 Å². The van der Waals surface area contributed by atoms with E-state index in [4.69, 9.17) is 14.2 Å². The van der Waals surface area contributed by atoms with Crippen molar-refractivity contribution < 1.29 is 34.6 Å². The first-order valence-corrected chi connectivity index (χ1v) is 9.19. The van der Waals surface area contributed by atoms with Gasteiger partial charge >= 0.3 is 0 Å². The molecule has 25 heavy (non-hydrogen) atoms. The van der Waals surface area contributed by atoms with E-state index in [0.29, 0.717) is 6.42 Å². The van der Waals surface area contributed by atoms with Gasteiger partial charge in [0.05, 0.1) is 24.4 Å². The number of likely N-dealkylation sites (N-methyl/N-ethyl adjacent to an activating group) is 1. The molecule has 3 rings (SSSR count). The van der Waals surface area contributed by atoms with Crippen LogP contribution in [0.15, 0.2) is 0 Å². The van der Waals surface area contributed by atoms with Crippen LogP contribution in [0, 0.1) is 5.92 Å². The van der Waals surface area contributed by atoms with Crippen molar-refractivity contribution in [3.8, 4) is 0 Å². The van der Waals surface area contributed by atoms with Gasteiger partial charge in [0.2, 0.25) is 12.1 Å². The average Bonchev–Trinajstić information content (AvgIpc) is 2.56. The SMILES string of the molecule is CC[C@@H]1[C@H](O)[C@H](NC)[C@H]2O[C@]3(O)[C@H](O[C@@H]2[C@H]1O)O[C@H](C)CC3(O)CC. The van der Waals surface area contributed by atoms with Gasteiger partial charge in [0, 0.05) is 12.3 Å². The summed E-state index contributed by atoms with van der Waals surface area (Å²) in [5.74, 6) is -2.46. The van der Waals surface area contributed by atoms with Crippen molar-refractivity contribution in [2.24, 2.45) is 5.92 Å². The Kier molecular flexibility index (Phi) is 5.20. The molecular weight excluding hydrogens is 330 g/mol. The van der Waals surface area contributed by atoms with Crippen LogP contribution in [-0.2, 0) is 14.2 Å². The summed E-state index contributed by atoms with van der Waals surface area (Å²) in [6, 6.07) is -0.552. The minimum absolute atomic E-state index is 0.199. The molecule has 0 bridgehead atoms. The second kappa shape index (κ2) is 6.69. The second-order valence-electron chi connectivity index (χ2n) is 7.62. The first kappa shape index (κ1) is 19.4. The minimum atomic E-state index is -2.07. The zero-order chi connectivity index (χ0) is 18.6. The molecule has 1 unspecified atom stereocenters. The molecule has 10 atom stereocenters. The third-order valence-electron chi connectivity index (χ3n) is 6.21. The van der Waals surface area contributed by atoms with Crippen molar-refractivity contribution in [3.63, 3.8) is 0 Å². The van der Waals surface area contributed by atoms with E-state index in [0.717, 1.165) is 0 Å². The zero-order valence-corrected chi connectivity index (χ0v) is 15.3. The third-order valence-corrected chi connectivity index (χ3v) is 6.21. The molecule has 3 fully saturated rings. The molecule has 0 spiro atoms. The summed E-state index contributed by atoms with van der Waals surface area (Å²) in [7, 11) is 1.68. The van der Waals surface area contributed by atoms with Crippen molar-refractivity contribution in [2.45, 2.75) is 94.3 Å². The average molecular weight is 361 g/mol. The third kappa shape index (κ3) is 2.74. The number of ether oxygens (including phenoxy) is 3. The molecule has 8 nitrogen and oxygen atoms in total. The normalized spacial score (nSPS) is 56.2. The molecule has 0 aromatic carbocycles. The summed E-state index contributed by atoms with van der Waals surface area (Å²) in [6.45, 7) is 5.44. The van der Waals surface area contributed by atoms with E-state index >= 15 is 0 Å². The fourth-order valence-electron chi connectivity index (χ4n) is 4.65. The van der Waals surface area contributed by atoms with Gasteiger partial charge in [0.15, 0.2) is 0 Å². The Morgan fingerprint density at radius 3 is 2.32 bits per heavy atom. The molecule has 2 saturated heterocycles. The van der Waals surface area contributed by atoms with Gasteiger partial charge in [-0.2, -0.15) is 0 Å². The van der Waals surface area contributed by atoms with Crippen LogP contribution in [-0.4, -0.2) is 81.7 Å². The Morgan fingerprint density at radius 1 is 1.08 bits per heavy atom. The number of aliphatic hydroxyl groups is 4. The van der Waals surface area contributed by atoms with Crippen molar-refractivity contribution in [2.75, 3.05) is 7.05 Å². The van der Waals surface area contributed by atoms with E-state index in [1.165, 1.54) is 0 Å². The highest BCUT2D eigenvalue weighted by atomic mass is 16.8. The molecule has 146 valence electrons. The van der Waals surface area contributed by atoms with Crippen LogP contribution in [0.3, 0.4) is 0 Å². The van der Waals surface area contributed by atoms with Gasteiger partial charge < -0.3 is 40.0 Å². The summed E-state index contributed by atoms with van der Waals surface area (Å²) in [4.78, 5) is 0. The van der Waals surface area contributed by atoms with E-state index in [1.54, 1.807) is 20.9 Å². The van der Waals surface area contributed by atoms with Gasteiger partial charge in [-0.3, -0.25) is 0 Å². The van der Waals surface area contributed by atoms with E-state index in [-0.39, 0.29) is 24.9 Å². The van der Waals surface area contributed by atoms with Crippen LogP contribution in [0.25, 0.3) is 0 Å². The van der Waals surface area contributed by atoms with Crippen molar-refractivity contribution in [3.05, 3.63) is 0 Å². The number of fused-ring (bicyclic) bond motifs is 2. The van der Waals surface area contributed by atoms with E-state index in [1.807, 2.05) is 6.92 Å². The van der Waals surface area contributed by atoms with E-state index < -0.39 is 48.1 Å². The van der Waals surface area contributed by atoms with Crippen LogP contribution < -0.4 is 5.32 Å². The molecule has 0 radical (unpaired) electrons. The topological polar surface area (TPSA) is 121 Å². The summed E-state index contributed by atoms with van der Waals surface area (Å²) < 4.78 is 17.6. The Bertz CT molecular complexity index is 494. The van der Waals surface area contributed by atoms with Crippen LogP contribution in [0.2, 0.25) is 0 Å². The van der Waals surface area contributed by atoms with E-state index in [9.17, 15) is 20.4 Å². The minimum Gasteiger partial charge on any atom is -0.391 e. The molecule has 0 amide bonds. The number of hydrogen-bond donors (Lipinski definition) is 5. The number of nitrogens with one attached hydrogen (secondary N) is 1. The lowest BCUT2D eigenvalue weighted by atomic mass is 9.73. The van der Waals surface area contributed by atoms with Gasteiger partial charge in [-0.25, -0.2) is 0 Å². The Balaban J connectivity index is 1.97. The van der Waals surface area contributed by atoms with Crippen LogP contribution in [0.1, 0.15) is 40.0 Å². The molecule has 1 saturated carbocycles. The van der Waals surface area contributed by atoms with Crippen LogP contribution in [0.5, 0.6) is 0 Å². The maximum absolute atomic E-state index is 11.2. The fourth-order valence-corrected chi connectivity index (χ4v) is 4.65.